The number of phosphoric ester groups is 1. The molecule has 1 atom stereocenters. The number of para-hydroxylation sites is 2. The van der Waals surface area contributed by atoms with E-state index in [0.717, 1.165) is 13.2 Å². The Balaban J connectivity index is 3.05. The van der Waals surface area contributed by atoms with E-state index in [-0.39, 0.29) is 5.75 Å². The summed E-state index contributed by atoms with van der Waals surface area (Å²) in [7, 11) is -3.30. The predicted molar refractivity (Wildman–Crippen MR) is 50.6 cm³/mol. The van der Waals surface area contributed by atoms with Gasteiger partial charge in [0, 0.05) is 13.2 Å². The van der Waals surface area contributed by atoms with E-state index in [1.807, 2.05) is 0 Å². The van der Waals surface area contributed by atoms with Gasteiger partial charge in [-0.25, -0.2) is 4.57 Å². The zero-order valence-corrected chi connectivity index (χ0v) is 8.59. The van der Waals surface area contributed by atoms with Gasteiger partial charge < -0.3 is 4.52 Å². The van der Waals surface area contributed by atoms with Crippen molar-refractivity contribution < 1.29 is 23.4 Å². The van der Waals surface area contributed by atoms with Gasteiger partial charge in [-0.15, -0.1) is 0 Å². The average molecular weight is 233 g/mol. The largest absolute Gasteiger partial charge is 0.527 e. The number of hydrogen-bond donors (Lipinski definition) is 1. The van der Waals surface area contributed by atoms with Gasteiger partial charge in [0.1, 0.15) is 0 Å². The first-order valence-electron chi connectivity index (χ1n) is 3.78. The number of nitro benzene ring substituents is 1. The molecule has 8 heteroatoms. The average Bonchev–Trinajstić information content (AvgIpc) is 2.18. The lowest BCUT2D eigenvalue weighted by atomic mass is 10.3. The van der Waals surface area contributed by atoms with Crippen LogP contribution in [0.1, 0.15) is 0 Å². The van der Waals surface area contributed by atoms with Gasteiger partial charge in [-0.3, -0.25) is 19.5 Å². The summed E-state index contributed by atoms with van der Waals surface area (Å²) in [5.74, 6) is -0.310. The predicted octanol–water partition coefficient (Wildman–Crippen LogP) is 1.72. The molecule has 1 aromatic rings. The van der Waals surface area contributed by atoms with Crippen molar-refractivity contribution in [1.29, 1.82) is 0 Å². The lowest BCUT2D eigenvalue weighted by Gasteiger charge is -2.09. The van der Waals surface area contributed by atoms with Crippen molar-refractivity contribution in [2.45, 2.75) is 0 Å². The lowest BCUT2D eigenvalue weighted by molar-refractivity contribution is -0.385. The maximum Gasteiger partial charge on any atom is 0.527 e. The van der Waals surface area contributed by atoms with Crippen molar-refractivity contribution in [3.8, 4) is 5.75 Å². The summed E-state index contributed by atoms with van der Waals surface area (Å²) < 4.78 is 19.6. The minimum absolute atomic E-state index is 0.310. The SMILES string of the molecule is COP(=O)(O)Oc1ccccc1[N+](=O)[O-]. The summed E-state index contributed by atoms with van der Waals surface area (Å²) in [4.78, 5) is 18.8. The minimum atomic E-state index is -4.27. The molecule has 0 aliphatic carbocycles. The second-order valence-corrected chi connectivity index (χ2v) is 3.95. The first-order chi connectivity index (χ1) is 6.96. The van der Waals surface area contributed by atoms with E-state index in [1.54, 1.807) is 0 Å². The van der Waals surface area contributed by atoms with Crippen LogP contribution in [-0.2, 0) is 9.09 Å². The van der Waals surface area contributed by atoms with E-state index in [2.05, 4.69) is 9.05 Å². The Bertz CT molecular complexity index is 420. The Hall–Kier alpha value is -1.43. The summed E-state index contributed by atoms with van der Waals surface area (Å²) in [5, 5.41) is 10.5. The highest BCUT2D eigenvalue weighted by atomic mass is 31.2. The van der Waals surface area contributed by atoms with Crippen LogP contribution in [0.15, 0.2) is 24.3 Å². The molecule has 1 rings (SSSR count). The molecule has 0 spiro atoms. The summed E-state index contributed by atoms with van der Waals surface area (Å²) in [6.07, 6.45) is 0. The van der Waals surface area contributed by atoms with Gasteiger partial charge in [-0.1, -0.05) is 12.1 Å². The second kappa shape index (κ2) is 4.39. The first-order valence-corrected chi connectivity index (χ1v) is 5.27. The Morgan fingerprint density at radius 1 is 1.47 bits per heavy atom. The summed E-state index contributed by atoms with van der Waals surface area (Å²) in [6.45, 7) is 0. The second-order valence-electron chi connectivity index (χ2n) is 2.47. The fourth-order valence-electron chi connectivity index (χ4n) is 0.847. The molecular weight excluding hydrogens is 225 g/mol. The molecule has 1 aromatic carbocycles. The van der Waals surface area contributed by atoms with E-state index in [4.69, 9.17) is 4.89 Å². The van der Waals surface area contributed by atoms with E-state index in [0.29, 0.717) is 0 Å². The van der Waals surface area contributed by atoms with E-state index in [1.165, 1.54) is 18.2 Å². The fraction of sp³-hybridized carbons (Fsp3) is 0.143. The molecule has 0 heterocycles. The van der Waals surface area contributed by atoms with E-state index >= 15 is 0 Å². The molecule has 7 nitrogen and oxygen atoms in total. The summed E-state index contributed by atoms with van der Waals surface area (Å²) in [6, 6.07) is 5.23. The van der Waals surface area contributed by atoms with Crippen LogP contribution in [0.5, 0.6) is 5.75 Å². The van der Waals surface area contributed by atoms with Crippen LogP contribution in [0, 0.1) is 10.1 Å². The van der Waals surface area contributed by atoms with Gasteiger partial charge in [-0.2, -0.15) is 0 Å². The molecule has 15 heavy (non-hydrogen) atoms. The van der Waals surface area contributed by atoms with E-state index in [9.17, 15) is 14.7 Å². The molecule has 0 saturated carbocycles. The topological polar surface area (TPSA) is 98.9 Å². The van der Waals surface area contributed by atoms with Gasteiger partial charge in [0.2, 0.25) is 5.75 Å². The molecular formula is C7H8NO6P. The Morgan fingerprint density at radius 2 is 2.07 bits per heavy atom. The van der Waals surface area contributed by atoms with Crippen molar-refractivity contribution in [1.82, 2.24) is 0 Å². The van der Waals surface area contributed by atoms with Crippen molar-refractivity contribution in [3.63, 3.8) is 0 Å². The fourth-order valence-corrected chi connectivity index (χ4v) is 1.32. The van der Waals surface area contributed by atoms with Crippen LogP contribution >= 0.6 is 7.82 Å². The molecule has 1 unspecified atom stereocenters. The maximum absolute atomic E-state index is 11.0. The molecule has 0 fully saturated rings. The Morgan fingerprint density at radius 3 is 2.60 bits per heavy atom. The number of benzene rings is 1. The molecule has 0 amide bonds. The smallest absolute Gasteiger partial charge is 0.397 e. The number of hydrogen-bond acceptors (Lipinski definition) is 5. The molecule has 0 radical (unpaired) electrons. The Labute approximate surface area is 85.0 Å². The van der Waals surface area contributed by atoms with Gasteiger partial charge in [0.25, 0.3) is 0 Å². The molecule has 1 N–H and O–H groups in total. The van der Waals surface area contributed by atoms with E-state index < -0.39 is 18.4 Å². The zero-order chi connectivity index (χ0) is 11.5. The number of phosphoric acid groups is 1. The molecule has 0 bridgehead atoms. The molecule has 0 aromatic heterocycles. The van der Waals surface area contributed by atoms with Crippen molar-refractivity contribution >= 4 is 13.5 Å². The highest BCUT2D eigenvalue weighted by molar-refractivity contribution is 7.47. The van der Waals surface area contributed by atoms with Crippen LogP contribution < -0.4 is 4.52 Å². The van der Waals surface area contributed by atoms with Crippen molar-refractivity contribution in [3.05, 3.63) is 34.4 Å². The summed E-state index contributed by atoms with van der Waals surface area (Å²) in [5.41, 5.74) is -0.399. The van der Waals surface area contributed by atoms with Crippen LogP contribution in [0.3, 0.4) is 0 Å². The monoisotopic (exact) mass is 233 g/mol. The van der Waals surface area contributed by atoms with Crippen LogP contribution in [0.25, 0.3) is 0 Å². The number of rotatable bonds is 4. The number of nitrogens with zero attached hydrogens (tertiary/aromatic N) is 1. The molecule has 82 valence electrons. The third-order valence-electron chi connectivity index (χ3n) is 1.51. The molecule has 0 aliphatic heterocycles. The van der Waals surface area contributed by atoms with Gasteiger partial charge >= 0.3 is 13.5 Å². The minimum Gasteiger partial charge on any atom is -0.397 e. The summed E-state index contributed by atoms with van der Waals surface area (Å²) >= 11 is 0. The van der Waals surface area contributed by atoms with Gasteiger partial charge in [0.15, 0.2) is 0 Å². The van der Waals surface area contributed by atoms with Gasteiger partial charge in [-0.05, 0) is 6.07 Å². The third kappa shape index (κ3) is 3.02. The van der Waals surface area contributed by atoms with Gasteiger partial charge in [0.05, 0.1) is 4.92 Å². The zero-order valence-electron chi connectivity index (χ0n) is 7.69. The van der Waals surface area contributed by atoms with Crippen LogP contribution in [-0.4, -0.2) is 16.9 Å². The Kier molecular flexibility index (Phi) is 3.41. The lowest BCUT2D eigenvalue weighted by Crippen LogP contribution is -1.97. The highest BCUT2D eigenvalue weighted by Gasteiger charge is 2.25. The third-order valence-corrected chi connectivity index (χ3v) is 2.40. The number of nitro groups is 1. The van der Waals surface area contributed by atoms with Crippen LogP contribution in [0.4, 0.5) is 5.69 Å². The standard InChI is InChI=1S/C7H8NO6P/c1-13-15(11,12)14-7-5-3-2-4-6(7)8(9)10/h2-5H,1H3,(H,11,12). The normalized spacial score (nSPS) is 14.3. The van der Waals surface area contributed by atoms with Crippen molar-refractivity contribution in [2.75, 3.05) is 7.11 Å². The maximum atomic E-state index is 11.0. The highest BCUT2D eigenvalue weighted by Crippen LogP contribution is 2.45. The van der Waals surface area contributed by atoms with Crippen molar-refractivity contribution in [2.24, 2.45) is 0 Å². The first kappa shape index (κ1) is 11.6. The molecule has 0 aliphatic rings. The van der Waals surface area contributed by atoms with Crippen LogP contribution in [0.2, 0.25) is 0 Å². The quantitative estimate of drug-likeness (QED) is 0.482. The molecule has 0 saturated heterocycles.